The highest BCUT2D eigenvalue weighted by Gasteiger charge is 2.28. The summed E-state index contributed by atoms with van der Waals surface area (Å²) >= 11 is 5.64. The Morgan fingerprint density at radius 1 is 1.03 bits per heavy atom. The number of carbonyl (C=O) groups is 1. The van der Waals surface area contributed by atoms with E-state index in [2.05, 4.69) is 41.4 Å². The minimum atomic E-state index is -0.538. The van der Waals surface area contributed by atoms with Gasteiger partial charge in [0.1, 0.15) is 12.4 Å². The van der Waals surface area contributed by atoms with Gasteiger partial charge in [0.15, 0.2) is 0 Å². The van der Waals surface area contributed by atoms with Gasteiger partial charge >= 0.3 is 6.09 Å². The van der Waals surface area contributed by atoms with Crippen molar-refractivity contribution in [3.05, 3.63) is 94.3 Å². The Morgan fingerprint density at radius 2 is 1.69 bits per heavy atom. The van der Waals surface area contributed by atoms with E-state index in [0.717, 1.165) is 11.1 Å². The van der Waals surface area contributed by atoms with E-state index in [9.17, 15) is 9.18 Å². The Hall–Kier alpha value is -3.29. The van der Waals surface area contributed by atoms with E-state index in [1.807, 2.05) is 24.3 Å². The number of nitrogens with one attached hydrogen (secondary N) is 1. The lowest BCUT2D eigenvalue weighted by atomic mass is 9.98. The quantitative estimate of drug-likeness (QED) is 0.595. The molecule has 0 aliphatic heterocycles. The number of rotatable bonds is 3. The average Bonchev–Trinajstić information content (AvgIpc) is 3.06. The number of carbonyl (C=O) groups excluding carboxylic acids is 1. The third kappa shape index (κ3) is 4.11. The zero-order valence-electron chi connectivity index (χ0n) is 15.4. The van der Waals surface area contributed by atoms with Crippen molar-refractivity contribution in [1.82, 2.24) is 5.32 Å². The fraction of sp³-hybridized carbons (Fsp3) is 0.125. The molecule has 1 aliphatic rings. The number of hydrogen-bond donors (Lipinski definition) is 1. The van der Waals surface area contributed by atoms with E-state index in [4.69, 9.17) is 16.3 Å². The van der Waals surface area contributed by atoms with Gasteiger partial charge in [0.2, 0.25) is 0 Å². The Kier molecular flexibility index (Phi) is 5.50. The number of hydrogen-bond acceptors (Lipinski definition) is 2. The predicted octanol–water partition coefficient (Wildman–Crippen LogP) is 5.37. The van der Waals surface area contributed by atoms with Gasteiger partial charge < -0.3 is 10.1 Å². The van der Waals surface area contributed by atoms with Crippen LogP contribution in [0.3, 0.4) is 0 Å². The second-order valence-corrected chi connectivity index (χ2v) is 7.02. The topological polar surface area (TPSA) is 38.3 Å². The molecule has 1 amide bonds. The molecule has 0 heterocycles. The van der Waals surface area contributed by atoms with Crippen LogP contribution in [0.1, 0.15) is 22.6 Å². The maximum atomic E-state index is 13.4. The van der Waals surface area contributed by atoms with E-state index in [-0.39, 0.29) is 24.1 Å². The van der Waals surface area contributed by atoms with Gasteiger partial charge in [-0.15, -0.1) is 0 Å². The van der Waals surface area contributed by atoms with E-state index < -0.39 is 11.9 Å². The molecule has 144 valence electrons. The van der Waals surface area contributed by atoms with E-state index in [1.54, 1.807) is 6.07 Å². The standard InChI is InChI=1S/C24H17ClFNO2/c25-22-12-11-16(14-23(22)26)6-5-13-27-24(28)29-15-21-19-9-3-1-7-17(19)18-8-2-4-10-20(18)21/h1-4,7-12,14,21H,13,15H2,(H,27,28). The summed E-state index contributed by atoms with van der Waals surface area (Å²) < 4.78 is 18.8. The summed E-state index contributed by atoms with van der Waals surface area (Å²) in [7, 11) is 0. The lowest BCUT2D eigenvalue weighted by Gasteiger charge is -2.14. The molecule has 0 saturated carbocycles. The van der Waals surface area contributed by atoms with E-state index in [1.165, 1.54) is 23.3 Å². The van der Waals surface area contributed by atoms with Crippen LogP contribution in [0.25, 0.3) is 11.1 Å². The normalized spacial score (nSPS) is 11.8. The second kappa shape index (κ2) is 8.38. The van der Waals surface area contributed by atoms with Gasteiger partial charge in [-0.2, -0.15) is 0 Å². The van der Waals surface area contributed by atoms with E-state index in [0.29, 0.717) is 5.56 Å². The zero-order valence-corrected chi connectivity index (χ0v) is 16.2. The Bertz CT molecular complexity index is 1090. The maximum absolute atomic E-state index is 13.4. The highest BCUT2D eigenvalue weighted by atomic mass is 35.5. The van der Waals surface area contributed by atoms with Crippen molar-refractivity contribution < 1.29 is 13.9 Å². The molecule has 0 aromatic heterocycles. The minimum Gasteiger partial charge on any atom is -0.449 e. The maximum Gasteiger partial charge on any atom is 0.407 e. The monoisotopic (exact) mass is 405 g/mol. The first kappa shape index (κ1) is 19.0. The van der Waals surface area contributed by atoms with Gasteiger partial charge in [-0.25, -0.2) is 9.18 Å². The molecule has 29 heavy (non-hydrogen) atoms. The van der Waals surface area contributed by atoms with Crippen LogP contribution in [0.4, 0.5) is 9.18 Å². The molecule has 1 aliphatic carbocycles. The highest BCUT2D eigenvalue weighted by molar-refractivity contribution is 6.30. The smallest absolute Gasteiger partial charge is 0.407 e. The van der Waals surface area contributed by atoms with Crippen molar-refractivity contribution in [2.45, 2.75) is 5.92 Å². The number of alkyl carbamates (subject to hydrolysis) is 1. The van der Waals surface area contributed by atoms with Crippen molar-refractivity contribution in [3.8, 4) is 23.0 Å². The first-order valence-corrected chi connectivity index (χ1v) is 9.54. The Labute approximate surface area is 173 Å². The lowest BCUT2D eigenvalue weighted by molar-refractivity contribution is 0.144. The highest BCUT2D eigenvalue weighted by Crippen LogP contribution is 2.44. The van der Waals surface area contributed by atoms with Gasteiger partial charge in [0.25, 0.3) is 0 Å². The summed E-state index contributed by atoms with van der Waals surface area (Å²) in [6.45, 7) is 0.344. The number of halogens is 2. The van der Waals surface area contributed by atoms with Gasteiger partial charge in [-0.3, -0.25) is 0 Å². The van der Waals surface area contributed by atoms with Crippen LogP contribution in [0.5, 0.6) is 0 Å². The van der Waals surface area contributed by atoms with Gasteiger partial charge in [0, 0.05) is 11.5 Å². The molecule has 0 unspecified atom stereocenters. The molecule has 0 radical (unpaired) electrons. The summed E-state index contributed by atoms with van der Waals surface area (Å²) in [5.41, 5.74) is 5.16. The Balaban J connectivity index is 1.35. The minimum absolute atomic E-state index is 0.0104. The summed E-state index contributed by atoms with van der Waals surface area (Å²) in [6, 6.07) is 20.6. The van der Waals surface area contributed by atoms with Gasteiger partial charge in [-0.1, -0.05) is 72.0 Å². The fourth-order valence-corrected chi connectivity index (χ4v) is 3.60. The first-order chi connectivity index (χ1) is 14.1. The van der Waals surface area contributed by atoms with Crippen LogP contribution >= 0.6 is 11.6 Å². The molecule has 3 aromatic rings. The first-order valence-electron chi connectivity index (χ1n) is 9.16. The molecule has 0 fully saturated rings. The number of amides is 1. The molecule has 1 N–H and O–H groups in total. The van der Waals surface area contributed by atoms with Crippen LogP contribution in [0, 0.1) is 17.7 Å². The third-order valence-electron chi connectivity index (χ3n) is 4.82. The van der Waals surface area contributed by atoms with Gasteiger partial charge in [-0.05, 0) is 40.5 Å². The molecule has 0 bridgehead atoms. The summed E-state index contributed by atoms with van der Waals surface area (Å²) in [4.78, 5) is 12.1. The number of fused-ring (bicyclic) bond motifs is 3. The van der Waals surface area contributed by atoms with Crippen LogP contribution in [0.2, 0.25) is 5.02 Å². The van der Waals surface area contributed by atoms with Crippen LogP contribution in [-0.4, -0.2) is 19.2 Å². The second-order valence-electron chi connectivity index (χ2n) is 6.61. The summed E-state index contributed by atoms with van der Waals surface area (Å²) in [5.74, 6) is 5.02. The molecule has 0 spiro atoms. The van der Waals surface area contributed by atoms with Crippen molar-refractivity contribution in [3.63, 3.8) is 0 Å². The van der Waals surface area contributed by atoms with Crippen molar-refractivity contribution in [1.29, 1.82) is 0 Å². The molecule has 5 heteroatoms. The Morgan fingerprint density at radius 3 is 2.34 bits per heavy atom. The lowest BCUT2D eigenvalue weighted by Crippen LogP contribution is -2.26. The van der Waals surface area contributed by atoms with Crippen LogP contribution < -0.4 is 5.32 Å². The fourth-order valence-electron chi connectivity index (χ4n) is 3.49. The summed E-state index contributed by atoms with van der Waals surface area (Å²) in [5, 5.41) is 2.64. The largest absolute Gasteiger partial charge is 0.449 e. The van der Waals surface area contributed by atoms with Crippen molar-refractivity contribution in [2.24, 2.45) is 0 Å². The van der Waals surface area contributed by atoms with Crippen LogP contribution in [0.15, 0.2) is 66.7 Å². The molecular weight excluding hydrogens is 389 g/mol. The van der Waals surface area contributed by atoms with Gasteiger partial charge in [0.05, 0.1) is 11.6 Å². The molecule has 3 aromatic carbocycles. The molecular formula is C24H17ClFNO2. The molecule has 0 saturated heterocycles. The van der Waals surface area contributed by atoms with Crippen molar-refractivity contribution in [2.75, 3.05) is 13.2 Å². The van der Waals surface area contributed by atoms with E-state index >= 15 is 0 Å². The average molecular weight is 406 g/mol. The molecule has 3 nitrogen and oxygen atoms in total. The number of ether oxygens (including phenoxy) is 1. The van der Waals surface area contributed by atoms with Crippen molar-refractivity contribution >= 4 is 17.7 Å². The summed E-state index contributed by atoms with van der Waals surface area (Å²) in [6.07, 6.45) is -0.538. The number of benzene rings is 3. The zero-order chi connectivity index (χ0) is 20.2. The SMILES string of the molecule is O=C(NCC#Cc1ccc(Cl)c(F)c1)OCC1c2ccccc2-c2ccccc21. The molecule has 0 atom stereocenters. The third-order valence-corrected chi connectivity index (χ3v) is 5.12. The van der Waals surface area contributed by atoms with Crippen LogP contribution in [-0.2, 0) is 4.74 Å². The predicted molar refractivity (Wildman–Crippen MR) is 111 cm³/mol. The molecule has 4 rings (SSSR count).